The first-order valence-electron chi connectivity index (χ1n) is 3.52. The van der Waals surface area contributed by atoms with Gasteiger partial charge in [0, 0.05) is 0 Å². The fraction of sp³-hybridized carbons (Fsp3) is 0.222. The molecule has 0 aliphatic heterocycles. The van der Waals surface area contributed by atoms with E-state index in [-0.39, 0.29) is 0 Å². The molecule has 2 nitrogen and oxygen atoms in total. The lowest BCUT2D eigenvalue weighted by atomic mass is 10.1. The zero-order valence-corrected chi connectivity index (χ0v) is 7.90. The summed E-state index contributed by atoms with van der Waals surface area (Å²) in [6.45, 7) is 0. The van der Waals surface area contributed by atoms with Crippen molar-refractivity contribution < 1.29 is 5.11 Å². The number of hydrogen-bond acceptors (Lipinski definition) is 2. The summed E-state index contributed by atoms with van der Waals surface area (Å²) in [5, 5.41) is 18.0. The Morgan fingerprint density at radius 3 is 2.42 bits per heavy atom. The van der Waals surface area contributed by atoms with E-state index in [1.165, 1.54) is 0 Å². The number of halogens is 1. The number of aliphatic hydroxyl groups excluding tert-OH is 1. The third kappa shape index (κ3) is 2.07. The highest BCUT2D eigenvalue weighted by molar-refractivity contribution is 9.09. The van der Waals surface area contributed by atoms with Gasteiger partial charge in [-0.2, -0.15) is 5.26 Å². The highest BCUT2D eigenvalue weighted by atomic mass is 79.9. The minimum absolute atomic E-state index is 0.542. The van der Waals surface area contributed by atoms with Gasteiger partial charge in [-0.05, 0) is 5.56 Å². The van der Waals surface area contributed by atoms with Gasteiger partial charge in [-0.15, -0.1) is 0 Å². The molecule has 2 atom stereocenters. The second-order valence-electron chi connectivity index (χ2n) is 2.39. The van der Waals surface area contributed by atoms with Gasteiger partial charge in [-0.1, -0.05) is 46.3 Å². The molecule has 1 N–H and O–H groups in total. The van der Waals surface area contributed by atoms with Crippen LogP contribution in [0.15, 0.2) is 30.3 Å². The first kappa shape index (κ1) is 9.24. The van der Waals surface area contributed by atoms with Crippen LogP contribution in [0.25, 0.3) is 0 Å². The Hall–Kier alpha value is -0.850. The molecule has 0 saturated heterocycles. The molecule has 0 unspecified atom stereocenters. The number of hydrogen-bond donors (Lipinski definition) is 1. The van der Waals surface area contributed by atoms with E-state index in [1.54, 1.807) is 12.1 Å². The van der Waals surface area contributed by atoms with Crippen LogP contribution in [0.3, 0.4) is 0 Å². The van der Waals surface area contributed by atoms with Crippen molar-refractivity contribution in [3.05, 3.63) is 35.9 Å². The fourth-order valence-corrected chi connectivity index (χ4v) is 1.20. The van der Waals surface area contributed by atoms with Crippen molar-refractivity contribution in [2.24, 2.45) is 0 Å². The number of nitriles is 1. The Balaban J connectivity index is 2.80. The maximum absolute atomic E-state index is 9.52. The number of nitrogens with zero attached hydrogens (tertiary/aromatic N) is 1. The average Bonchev–Trinajstić information content (AvgIpc) is 2.17. The molecule has 0 fully saturated rings. The van der Waals surface area contributed by atoms with Crippen LogP contribution in [-0.2, 0) is 0 Å². The Bertz CT molecular complexity index is 280. The van der Waals surface area contributed by atoms with Gasteiger partial charge in [-0.3, -0.25) is 0 Å². The lowest BCUT2D eigenvalue weighted by molar-refractivity contribution is 0.190. The minimum atomic E-state index is -0.754. The van der Waals surface area contributed by atoms with E-state index < -0.39 is 10.9 Å². The van der Waals surface area contributed by atoms with Gasteiger partial charge in [0.2, 0.25) is 0 Å². The highest BCUT2D eigenvalue weighted by Crippen LogP contribution is 2.20. The van der Waals surface area contributed by atoms with Crippen LogP contribution in [0, 0.1) is 11.3 Å². The van der Waals surface area contributed by atoms with Gasteiger partial charge in [0.1, 0.15) is 10.9 Å². The summed E-state index contributed by atoms with van der Waals surface area (Å²) < 4.78 is 0. The van der Waals surface area contributed by atoms with Crippen molar-refractivity contribution >= 4 is 15.9 Å². The smallest absolute Gasteiger partial charge is 0.131 e. The fourth-order valence-electron chi connectivity index (χ4n) is 0.890. The van der Waals surface area contributed by atoms with E-state index in [9.17, 15) is 5.11 Å². The van der Waals surface area contributed by atoms with Crippen molar-refractivity contribution in [1.82, 2.24) is 0 Å². The Labute approximate surface area is 79.6 Å². The van der Waals surface area contributed by atoms with Crippen LogP contribution in [0.5, 0.6) is 0 Å². The van der Waals surface area contributed by atoms with Crippen LogP contribution in [0.4, 0.5) is 0 Å². The van der Waals surface area contributed by atoms with Crippen molar-refractivity contribution in [1.29, 1.82) is 5.26 Å². The summed E-state index contributed by atoms with van der Waals surface area (Å²) in [6.07, 6.45) is -0.754. The molecule has 1 aromatic carbocycles. The first-order chi connectivity index (χ1) is 5.75. The summed E-state index contributed by atoms with van der Waals surface area (Å²) in [4.78, 5) is -0.542. The van der Waals surface area contributed by atoms with Gasteiger partial charge in [0.05, 0.1) is 6.07 Å². The number of benzene rings is 1. The summed E-state index contributed by atoms with van der Waals surface area (Å²) >= 11 is 3.07. The summed E-state index contributed by atoms with van der Waals surface area (Å²) in [5.74, 6) is 0. The predicted molar refractivity (Wildman–Crippen MR) is 49.7 cm³/mol. The minimum Gasteiger partial charge on any atom is -0.386 e. The van der Waals surface area contributed by atoms with Gasteiger partial charge in [0.25, 0.3) is 0 Å². The van der Waals surface area contributed by atoms with Crippen molar-refractivity contribution in [3.8, 4) is 6.07 Å². The summed E-state index contributed by atoms with van der Waals surface area (Å²) in [7, 11) is 0. The van der Waals surface area contributed by atoms with Crippen LogP contribution in [0.1, 0.15) is 11.7 Å². The van der Waals surface area contributed by atoms with Crippen LogP contribution in [0.2, 0.25) is 0 Å². The highest BCUT2D eigenvalue weighted by Gasteiger charge is 2.16. The molecule has 0 aliphatic rings. The Kier molecular flexibility index (Phi) is 3.27. The Morgan fingerprint density at radius 1 is 1.33 bits per heavy atom. The van der Waals surface area contributed by atoms with Crippen molar-refractivity contribution in [2.45, 2.75) is 10.9 Å². The molecule has 0 amide bonds. The number of aliphatic hydroxyl groups is 1. The molecular formula is C9H8BrNO. The van der Waals surface area contributed by atoms with Crippen LogP contribution >= 0.6 is 15.9 Å². The molecule has 1 aromatic rings. The van der Waals surface area contributed by atoms with Gasteiger partial charge in [-0.25, -0.2) is 0 Å². The van der Waals surface area contributed by atoms with E-state index in [0.29, 0.717) is 0 Å². The normalized spacial score (nSPS) is 14.8. The summed E-state index contributed by atoms with van der Waals surface area (Å²) in [5.41, 5.74) is 0.751. The maximum atomic E-state index is 9.52. The topological polar surface area (TPSA) is 44.0 Å². The van der Waals surface area contributed by atoms with E-state index in [2.05, 4.69) is 15.9 Å². The molecule has 0 aromatic heterocycles. The first-order valence-corrected chi connectivity index (χ1v) is 4.44. The van der Waals surface area contributed by atoms with E-state index in [4.69, 9.17) is 5.26 Å². The molecule has 0 heterocycles. The van der Waals surface area contributed by atoms with E-state index in [1.807, 2.05) is 24.3 Å². The standard InChI is InChI=1S/C9H8BrNO/c10-8(6-11)9(12)7-4-2-1-3-5-7/h1-5,8-9,12H/t8-,9+/m1/s1. The van der Waals surface area contributed by atoms with Gasteiger partial charge < -0.3 is 5.11 Å². The van der Waals surface area contributed by atoms with Gasteiger partial charge in [0.15, 0.2) is 0 Å². The van der Waals surface area contributed by atoms with Crippen molar-refractivity contribution in [2.75, 3.05) is 0 Å². The molecule has 1 rings (SSSR count). The molecule has 12 heavy (non-hydrogen) atoms. The zero-order chi connectivity index (χ0) is 8.97. The molecular weight excluding hydrogens is 218 g/mol. The SMILES string of the molecule is N#C[C@@H](Br)[C@@H](O)c1ccccc1. The molecule has 62 valence electrons. The average molecular weight is 226 g/mol. The molecule has 0 spiro atoms. The molecule has 0 radical (unpaired) electrons. The molecule has 3 heteroatoms. The largest absolute Gasteiger partial charge is 0.386 e. The third-order valence-electron chi connectivity index (χ3n) is 1.54. The van der Waals surface area contributed by atoms with E-state index in [0.717, 1.165) is 5.56 Å². The lowest BCUT2D eigenvalue weighted by Gasteiger charge is -2.10. The second-order valence-corrected chi connectivity index (χ2v) is 3.37. The predicted octanol–water partition coefficient (Wildman–Crippen LogP) is 2.01. The van der Waals surface area contributed by atoms with Crippen molar-refractivity contribution in [3.63, 3.8) is 0 Å². The summed E-state index contributed by atoms with van der Waals surface area (Å²) in [6, 6.07) is 11.0. The maximum Gasteiger partial charge on any atom is 0.131 e. The Morgan fingerprint density at radius 2 is 1.92 bits per heavy atom. The van der Waals surface area contributed by atoms with Crippen LogP contribution in [-0.4, -0.2) is 9.93 Å². The lowest BCUT2D eigenvalue weighted by Crippen LogP contribution is -2.08. The molecule has 0 saturated carbocycles. The molecule has 0 aliphatic carbocycles. The monoisotopic (exact) mass is 225 g/mol. The number of alkyl halides is 1. The second kappa shape index (κ2) is 4.24. The number of rotatable bonds is 2. The zero-order valence-electron chi connectivity index (χ0n) is 6.31. The van der Waals surface area contributed by atoms with Crippen LogP contribution < -0.4 is 0 Å². The van der Waals surface area contributed by atoms with E-state index >= 15 is 0 Å². The quantitative estimate of drug-likeness (QED) is 0.784. The molecule has 0 bridgehead atoms. The third-order valence-corrected chi connectivity index (χ3v) is 2.25. The van der Waals surface area contributed by atoms with Gasteiger partial charge >= 0.3 is 0 Å².